The van der Waals surface area contributed by atoms with E-state index in [1.54, 1.807) is 12.1 Å². The van der Waals surface area contributed by atoms with Gasteiger partial charge >= 0.3 is 0 Å². The Hall–Kier alpha value is -0.120. The molecule has 0 amide bonds. The van der Waals surface area contributed by atoms with Gasteiger partial charge in [0.05, 0.1) is 12.7 Å². The molecule has 4 heteroatoms. The zero-order valence-corrected chi connectivity index (χ0v) is 9.89. The minimum absolute atomic E-state index is 0.00159. The van der Waals surface area contributed by atoms with Crippen molar-refractivity contribution in [2.45, 2.75) is 12.7 Å². The summed E-state index contributed by atoms with van der Waals surface area (Å²) < 4.78 is 18.0. The topological polar surface area (TPSA) is 9.23 Å². The van der Waals surface area contributed by atoms with Crippen LogP contribution < -0.4 is 0 Å². The summed E-state index contributed by atoms with van der Waals surface area (Å²) in [5.41, 5.74) is 0.947. The highest BCUT2D eigenvalue weighted by Crippen LogP contribution is 2.08. The van der Waals surface area contributed by atoms with Crippen LogP contribution in [0.15, 0.2) is 24.3 Å². The van der Waals surface area contributed by atoms with Crippen molar-refractivity contribution >= 4 is 27.5 Å². The fourth-order valence-electron chi connectivity index (χ4n) is 0.925. The first-order valence-corrected chi connectivity index (χ1v) is 5.90. The van der Waals surface area contributed by atoms with E-state index in [9.17, 15) is 4.39 Å². The van der Waals surface area contributed by atoms with E-state index in [1.165, 1.54) is 12.1 Å². The summed E-state index contributed by atoms with van der Waals surface area (Å²) in [5, 5.41) is 0.706. The van der Waals surface area contributed by atoms with E-state index >= 15 is 0 Å². The standard InChI is InChI=1S/C10H11BrClFO/c11-5-10(6-12)14-7-8-1-3-9(13)4-2-8/h1-4,10H,5-7H2/t10-/m1/s1. The molecule has 0 bridgehead atoms. The molecule has 0 spiro atoms. The number of hydrogen-bond acceptors (Lipinski definition) is 1. The van der Waals surface area contributed by atoms with Crippen molar-refractivity contribution in [3.63, 3.8) is 0 Å². The van der Waals surface area contributed by atoms with Gasteiger partial charge in [-0.25, -0.2) is 4.39 Å². The lowest BCUT2D eigenvalue weighted by molar-refractivity contribution is 0.0717. The van der Waals surface area contributed by atoms with Gasteiger partial charge in [-0.05, 0) is 17.7 Å². The maximum absolute atomic E-state index is 12.5. The number of halogens is 3. The van der Waals surface area contributed by atoms with E-state index in [0.717, 1.165) is 5.56 Å². The van der Waals surface area contributed by atoms with Crippen LogP contribution >= 0.6 is 27.5 Å². The molecule has 1 aromatic rings. The summed E-state index contributed by atoms with van der Waals surface area (Å²) in [6.07, 6.45) is 0.00159. The van der Waals surface area contributed by atoms with Gasteiger partial charge < -0.3 is 4.74 Å². The van der Waals surface area contributed by atoms with Crippen LogP contribution in [0.4, 0.5) is 4.39 Å². The van der Waals surface area contributed by atoms with Crippen LogP contribution in [0.5, 0.6) is 0 Å². The molecule has 1 rings (SSSR count). The van der Waals surface area contributed by atoms with Crippen molar-refractivity contribution < 1.29 is 9.13 Å². The third kappa shape index (κ3) is 3.95. The van der Waals surface area contributed by atoms with Gasteiger partial charge in [-0.2, -0.15) is 0 Å². The molecule has 0 aliphatic rings. The van der Waals surface area contributed by atoms with Crippen LogP contribution in [0, 0.1) is 5.82 Å². The molecule has 1 aromatic carbocycles. The molecule has 1 atom stereocenters. The van der Waals surface area contributed by atoms with Crippen LogP contribution in [-0.4, -0.2) is 17.3 Å². The first-order valence-electron chi connectivity index (χ1n) is 4.24. The Kier molecular flexibility index (Phi) is 5.45. The number of alkyl halides is 2. The third-order valence-corrected chi connectivity index (χ3v) is 2.81. The summed E-state index contributed by atoms with van der Waals surface area (Å²) in [6, 6.07) is 6.24. The maximum Gasteiger partial charge on any atom is 0.123 e. The fourth-order valence-corrected chi connectivity index (χ4v) is 1.80. The van der Waals surface area contributed by atoms with E-state index in [1.807, 2.05) is 0 Å². The molecule has 0 N–H and O–H groups in total. The second kappa shape index (κ2) is 6.38. The normalized spacial score (nSPS) is 12.8. The largest absolute Gasteiger partial charge is 0.371 e. The highest BCUT2D eigenvalue weighted by Gasteiger charge is 2.05. The minimum Gasteiger partial charge on any atom is -0.371 e. The Morgan fingerprint density at radius 3 is 2.50 bits per heavy atom. The number of rotatable bonds is 5. The summed E-state index contributed by atoms with van der Waals surface area (Å²) in [4.78, 5) is 0. The lowest BCUT2D eigenvalue weighted by atomic mass is 10.2. The monoisotopic (exact) mass is 280 g/mol. The molecule has 0 radical (unpaired) electrons. The molecule has 0 fully saturated rings. The summed E-state index contributed by atoms with van der Waals surface area (Å²) in [7, 11) is 0. The SMILES string of the molecule is Fc1ccc(CO[C@@H](CCl)CBr)cc1. The molecule has 0 aromatic heterocycles. The van der Waals surface area contributed by atoms with E-state index in [2.05, 4.69) is 15.9 Å². The number of ether oxygens (including phenoxy) is 1. The molecule has 0 heterocycles. The van der Waals surface area contributed by atoms with Crippen molar-refractivity contribution in [2.75, 3.05) is 11.2 Å². The Labute approximate surface area is 96.3 Å². The number of hydrogen-bond donors (Lipinski definition) is 0. The van der Waals surface area contributed by atoms with Crippen LogP contribution in [-0.2, 0) is 11.3 Å². The van der Waals surface area contributed by atoms with Crippen molar-refractivity contribution in [1.29, 1.82) is 0 Å². The third-order valence-electron chi connectivity index (χ3n) is 1.74. The van der Waals surface area contributed by atoms with E-state index in [4.69, 9.17) is 16.3 Å². The Morgan fingerprint density at radius 1 is 1.36 bits per heavy atom. The van der Waals surface area contributed by atoms with Gasteiger partial charge in [0.15, 0.2) is 0 Å². The lowest BCUT2D eigenvalue weighted by Crippen LogP contribution is -2.16. The first-order chi connectivity index (χ1) is 6.76. The minimum atomic E-state index is -0.233. The second-order valence-corrected chi connectivity index (χ2v) is 3.82. The van der Waals surface area contributed by atoms with E-state index < -0.39 is 0 Å². The van der Waals surface area contributed by atoms with Gasteiger partial charge in [0, 0.05) is 11.2 Å². The van der Waals surface area contributed by atoms with E-state index in [0.29, 0.717) is 17.8 Å². The molecule has 0 unspecified atom stereocenters. The van der Waals surface area contributed by atoms with Gasteiger partial charge in [-0.1, -0.05) is 28.1 Å². The van der Waals surface area contributed by atoms with Crippen molar-refractivity contribution in [3.05, 3.63) is 35.6 Å². The van der Waals surface area contributed by atoms with Gasteiger partial charge in [0.2, 0.25) is 0 Å². The van der Waals surface area contributed by atoms with Gasteiger partial charge in [0.25, 0.3) is 0 Å². The summed E-state index contributed by atoms with van der Waals surface area (Å²) in [6.45, 7) is 0.462. The van der Waals surface area contributed by atoms with Crippen LogP contribution in [0.25, 0.3) is 0 Å². The molecule has 0 saturated heterocycles. The molecule has 14 heavy (non-hydrogen) atoms. The van der Waals surface area contributed by atoms with E-state index in [-0.39, 0.29) is 11.9 Å². The van der Waals surface area contributed by atoms with Crippen molar-refractivity contribution in [1.82, 2.24) is 0 Å². The predicted molar refractivity (Wildman–Crippen MR) is 59.5 cm³/mol. The number of benzene rings is 1. The molecule has 0 aliphatic carbocycles. The highest BCUT2D eigenvalue weighted by molar-refractivity contribution is 9.09. The predicted octanol–water partition coefficient (Wildman–Crippen LogP) is 3.34. The zero-order valence-electron chi connectivity index (χ0n) is 7.55. The Bertz CT molecular complexity index is 261. The first kappa shape index (κ1) is 12.0. The maximum atomic E-state index is 12.5. The highest BCUT2D eigenvalue weighted by atomic mass is 79.9. The quantitative estimate of drug-likeness (QED) is 0.752. The lowest BCUT2D eigenvalue weighted by Gasteiger charge is -2.11. The smallest absolute Gasteiger partial charge is 0.123 e. The molecule has 0 saturated carbocycles. The molecule has 0 aliphatic heterocycles. The van der Waals surface area contributed by atoms with Crippen molar-refractivity contribution in [3.8, 4) is 0 Å². The van der Waals surface area contributed by atoms with Gasteiger partial charge in [-0.15, -0.1) is 11.6 Å². The summed E-state index contributed by atoms with van der Waals surface area (Å²) >= 11 is 8.94. The van der Waals surface area contributed by atoms with Crippen LogP contribution in [0.3, 0.4) is 0 Å². The van der Waals surface area contributed by atoms with Gasteiger partial charge in [-0.3, -0.25) is 0 Å². The Morgan fingerprint density at radius 2 is 2.00 bits per heavy atom. The molecular weight excluding hydrogens is 270 g/mol. The Balaban J connectivity index is 2.41. The van der Waals surface area contributed by atoms with Crippen molar-refractivity contribution in [2.24, 2.45) is 0 Å². The van der Waals surface area contributed by atoms with Crippen LogP contribution in [0.1, 0.15) is 5.56 Å². The van der Waals surface area contributed by atoms with Crippen LogP contribution in [0.2, 0.25) is 0 Å². The molecular formula is C10H11BrClFO. The summed E-state index contributed by atoms with van der Waals surface area (Å²) in [5.74, 6) is 0.218. The fraction of sp³-hybridized carbons (Fsp3) is 0.400. The average Bonchev–Trinajstić information content (AvgIpc) is 2.22. The molecule has 78 valence electrons. The zero-order chi connectivity index (χ0) is 10.4. The second-order valence-electron chi connectivity index (χ2n) is 2.87. The molecule has 1 nitrogen and oxygen atoms in total. The van der Waals surface area contributed by atoms with Gasteiger partial charge in [0.1, 0.15) is 5.82 Å². The average molecular weight is 282 g/mol.